The molecule has 0 bridgehead atoms. The minimum atomic E-state index is -0.769. The average Bonchev–Trinajstić information content (AvgIpc) is 2.97. The second-order valence-corrected chi connectivity index (χ2v) is 5.16. The van der Waals surface area contributed by atoms with Gasteiger partial charge in [-0.25, -0.2) is 0 Å². The summed E-state index contributed by atoms with van der Waals surface area (Å²) in [4.78, 5) is 23.1. The highest BCUT2D eigenvalue weighted by molar-refractivity contribution is 5.83. The molecule has 1 atom stereocenters. The first-order valence-electron chi connectivity index (χ1n) is 6.39. The zero-order chi connectivity index (χ0) is 12.3. The summed E-state index contributed by atoms with van der Waals surface area (Å²) in [5.74, 6) is -0.815. The van der Waals surface area contributed by atoms with Crippen LogP contribution in [0.5, 0.6) is 0 Å². The predicted molar refractivity (Wildman–Crippen MR) is 62.6 cm³/mol. The van der Waals surface area contributed by atoms with E-state index in [2.05, 4.69) is 10.6 Å². The molecule has 0 aromatic carbocycles. The largest absolute Gasteiger partial charge is 0.481 e. The van der Waals surface area contributed by atoms with Gasteiger partial charge < -0.3 is 15.7 Å². The van der Waals surface area contributed by atoms with Gasteiger partial charge in [-0.15, -0.1) is 0 Å². The van der Waals surface area contributed by atoms with Gasteiger partial charge in [-0.1, -0.05) is 12.8 Å². The van der Waals surface area contributed by atoms with Crippen LogP contribution < -0.4 is 10.6 Å². The molecule has 1 saturated heterocycles. The fourth-order valence-electron chi connectivity index (χ4n) is 2.81. The Morgan fingerprint density at radius 1 is 1.29 bits per heavy atom. The molecule has 1 amide bonds. The third kappa shape index (κ3) is 2.60. The van der Waals surface area contributed by atoms with E-state index < -0.39 is 11.4 Å². The molecular formula is C12H20N2O3. The van der Waals surface area contributed by atoms with Gasteiger partial charge in [-0.05, 0) is 32.2 Å². The Bertz CT molecular complexity index is 305. The molecule has 2 aliphatic rings. The normalized spacial score (nSPS) is 26.9. The third-order valence-electron chi connectivity index (χ3n) is 3.99. The molecule has 1 unspecified atom stereocenters. The van der Waals surface area contributed by atoms with E-state index in [0.29, 0.717) is 12.8 Å². The Hall–Kier alpha value is -1.10. The number of hydrogen-bond donors (Lipinski definition) is 3. The lowest BCUT2D eigenvalue weighted by Crippen LogP contribution is -2.47. The van der Waals surface area contributed by atoms with E-state index in [4.69, 9.17) is 0 Å². The van der Waals surface area contributed by atoms with Crippen LogP contribution in [0.1, 0.15) is 38.5 Å². The van der Waals surface area contributed by atoms with E-state index in [1.54, 1.807) is 0 Å². The van der Waals surface area contributed by atoms with Crippen LogP contribution >= 0.6 is 0 Å². The summed E-state index contributed by atoms with van der Waals surface area (Å²) in [5, 5.41) is 15.2. The van der Waals surface area contributed by atoms with Crippen molar-refractivity contribution < 1.29 is 14.7 Å². The van der Waals surface area contributed by atoms with Gasteiger partial charge in [0.2, 0.25) is 5.91 Å². The fraction of sp³-hybridized carbons (Fsp3) is 0.833. The summed E-state index contributed by atoms with van der Waals surface area (Å²) in [7, 11) is 0. The van der Waals surface area contributed by atoms with E-state index in [0.717, 1.165) is 32.2 Å². The van der Waals surface area contributed by atoms with Crippen LogP contribution in [0.4, 0.5) is 0 Å². The van der Waals surface area contributed by atoms with E-state index in [1.807, 2.05) is 0 Å². The van der Waals surface area contributed by atoms with Crippen molar-refractivity contribution in [3.8, 4) is 0 Å². The van der Waals surface area contributed by atoms with Crippen LogP contribution in [0, 0.1) is 5.41 Å². The molecule has 2 fully saturated rings. The number of aliphatic carboxylic acids is 1. The Kier molecular flexibility index (Phi) is 3.66. The summed E-state index contributed by atoms with van der Waals surface area (Å²) in [6.07, 6.45) is 5.13. The summed E-state index contributed by atoms with van der Waals surface area (Å²) < 4.78 is 0. The molecule has 5 nitrogen and oxygen atoms in total. The van der Waals surface area contributed by atoms with Crippen molar-refractivity contribution >= 4 is 11.9 Å². The van der Waals surface area contributed by atoms with E-state index in [1.165, 1.54) is 0 Å². The summed E-state index contributed by atoms with van der Waals surface area (Å²) in [6, 6.07) is -0.123. The highest BCUT2D eigenvalue weighted by Crippen LogP contribution is 2.37. The Morgan fingerprint density at radius 2 is 2.00 bits per heavy atom. The quantitative estimate of drug-likeness (QED) is 0.668. The van der Waals surface area contributed by atoms with Gasteiger partial charge in [0.1, 0.15) is 0 Å². The number of carboxylic acids is 1. The number of amides is 1. The number of nitrogens with one attached hydrogen (secondary N) is 2. The van der Waals surface area contributed by atoms with Crippen LogP contribution in [0.3, 0.4) is 0 Å². The van der Waals surface area contributed by atoms with Gasteiger partial charge in [0, 0.05) is 6.54 Å². The van der Waals surface area contributed by atoms with Gasteiger partial charge in [0.15, 0.2) is 0 Å². The van der Waals surface area contributed by atoms with Crippen molar-refractivity contribution in [1.29, 1.82) is 0 Å². The van der Waals surface area contributed by atoms with Gasteiger partial charge in [-0.2, -0.15) is 0 Å². The minimum Gasteiger partial charge on any atom is -0.481 e. The van der Waals surface area contributed by atoms with Crippen molar-refractivity contribution in [2.75, 3.05) is 13.1 Å². The lowest BCUT2D eigenvalue weighted by Gasteiger charge is -2.24. The summed E-state index contributed by atoms with van der Waals surface area (Å²) in [5.41, 5.74) is -0.714. The molecule has 0 spiro atoms. The highest BCUT2D eigenvalue weighted by Gasteiger charge is 2.41. The summed E-state index contributed by atoms with van der Waals surface area (Å²) in [6.45, 7) is 1.15. The zero-order valence-corrected chi connectivity index (χ0v) is 10.00. The first-order chi connectivity index (χ1) is 8.14. The van der Waals surface area contributed by atoms with E-state index in [-0.39, 0.29) is 18.5 Å². The van der Waals surface area contributed by atoms with Gasteiger partial charge in [0.05, 0.1) is 11.5 Å². The standard InChI is InChI=1S/C12H20N2O3/c15-10(9-4-3-7-13-9)14-8-12(11(16)17)5-1-2-6-12/h9,13H,1-8H2,(H,14,15)(H,16,17). The fourth-order valence-corrected chi connectivity index (χ4v) is 2.81. The van der Waals surface area contributed by atoms with Crippen molar-refractivity contribution in [2.45, 2.75) is 44.6 Å². The maximum Gasteiger partial charge on any atom is 0.311 e. The lowest BCUT2D eigenvalue weighted by atomic mass is 9.86. The smallest absolute Gasteiger partial charge is 0.311 e. The van der Waals surface area contributed by atoms with Crippen molar-refractivity contribution in [2.24, 2.45) is 5.41 Å². The first-order valence-corrected chi connectivity index (χ1v) is 6.39. The molecule has 0 aromatic rings. The van der Waals surface area contributed by atoms with Crippen LogP contribution in [-0.2, 0) is 9.59 Å². The molecule has 0 aromatic heterocycles. The van der Waals surface area contributed by atoms with Crippen molar-refractivity contribution in [1.82, 2.24) is 10.6 Å². The molecule has 1 aliphatic heterocycles. The van der Waals surface area contributed by atoms with Crippen LogP contribution in [0.2, 0.25) is 0 Å². The first kappa shape index (κ1) is 12.4. The molecule has 0 radical (unpaired) electrons. The highest BCUT2D eigenvalue weighted by atomic mass is 16.4. The zero-order valence-electron chi connectivity index (χ0n) is 10.00. The molecule has 5 heteroatoms. The average molecular weight is 240 g/mol. The molecule has 1 aliphatic carbocycles. The molecule has 17 heavy (non-hydrogen) atoms. The Balaban J connectivity index is 1.87. The minimum absolute atomic E-state index is 0.0463. The SMILES string of the molecule is O=C(NCC1(C(=O)O)CCCC1)C1CCCN1. The number of hydrogen-bond acceptors (Lipinski definition) is 3. The number of carbonyl (C=O) groups excluding carboxylic acids is 1. The molecule has 3 N–H and O–H groups in total. The van der Waals surface area contributed by atoms with Crippen LogP contribution in [-0.4, -0.2) is 36.1 Å². The number of carbonyl (C=O) groups is 2. The van der Waals surface area contributed by atoms with E-state index in [9.17, 15) is 14.7 Å². The van der Waals surface area contributed by atoms with Crippen molar-refractivity contribution in [3.05, 3.63) is 0 Å². The molecule has 1 heterocycles. The second-order valence-electron chi connectivity index (χ2n) is 5.16. The predicted octanol–water partition coefficient (Wildman–Crippen LogP) is 0.500. The monoisotopic (exact) mass is 240 g/mol. The van der Waals surface area contributed by atoms with Gasteiger partial charge >= 0.3 is 5.97 Å². The Morgan fingerprint density at radius 3 is 2.53 bits per heavy atom. The third-order valence-corrected chi connectivity index (χ3v) is 3.99. The van der Waals surface area contributed by atoms with Gasteiger partial charge in [-0.3, -0.25) is 9.59 Å². The maximum atomic E-state index is 11.8. The topological polar surface area (TPSA) is 78.4 Å². The number of rotatable bonds is 4. The lowest BCUT2D eigenvalue weighted by molar-refractivity contribution is -0.148. The molecule has 2 rings (SSSR count). The molecule has 96 valence electrons. The molecular weight excluding hydrogens is 220 g/mol. The summed E-state index contributed by atoms with van der Waals surface area (Å²) >= 11 is 0. The molecule has 1 saturated carbocycles. The van der Waals surface area contributed by atoms with E-state index >= 15 is 0 Å². The van der Waals surface area contributed by atoms with Crippen molar-refractivity contribution in [3.63, 3.8) is 0 Å². The van der Waals surface area contributed by atoms with Crippen LogP contribution in [0.25, 0.3) is 0 Å². The Labute approximate surface area is 101 Å². The van der Waals surface area contributed by atoms with Crippen LogP contribution in [0.15, 0.2) is 0 Å². The number of carboxylic acid groups (broad SMARTS) is 1. The second kappa shape index (κ2) is 5.04. The van der Waals surface area contributed by atoms with Gasteiger partial charge in [0.25, 0.3) is 0 Å². The maximum absolute atomic E-state index is 11.8.